The Labute approximate surface area is 175 Å². The maximum Gasteiger partial charge on any atom is 0.428 e. The topological polar surface area (TPSA) is 95.8 Å². The van der Waals surface area contributed by atoms with Crippen LogP contribution in [-0.4, -0.2) is 20.8 Å². The molecule has 0 saturated heterocycles. The molecule has 150 valence electrons. The lowest BCUT2D eigenvalue weighted by molar-refractivity contribution is -0.403. The minimum absolute atomic E-state index is 0.194. The first-order valence-corrected chi connectivity index (χ1v) is 10.9. The number of hydrogen-bond acceptors (Lipinski definition) is 9. The van der Waals surface area contributed by atoms with E-state index in [2.05, 4.69) is 13.8 Å². The quantitative estimate of drug-likeness (QED) is 0.113. The van der Waals surface area contributed by atoms with Crippen molar-refractivity contribution in [3.05, 3.63) is 82.6 Å². The van der Waals surface area contributed by atoms with Crippen LogP contribution in [-0.2, 0) is 19.7 Å². The van der Waals surface area contributed by atoms with Crippen LogP contribution in [0.15, 0.2) is 81.6 Å². The summed E-state index contributed by atoms with van der Waals surface area (Å²) in [6.07, 6.45) is 2.73. The SMILES string of the molecule is O=S(=O)(/N=C/c1ccc(/C=N/SOOOc2ccccc2)s1)Oc1ccccc1. The van der Waals surface area contributed by atoms with E-state index < -0.39 is 10.3 Å². The largest absolute Gasteiger partial charge is 0.428 e. The minimum atomic E-state index is -4.09. The molecular formula is C18H14N2O6S3. The van der Waals surface area contributed by atoms with Crippen LogP contribution in [0.5, 0.6) is 11.5 Å². The van der Waals surface area contributed by atoms with Crippen LogP contribution in [0.25, 0.3) is 0 Å². The summed E-state index contributed by atoms with van der Waals surface area (Å²) in [6.45, 7) is 0. The summed E-state index contributed by atoms with van der Waals surface area (Å²) in [5.74, 6) is 0.685. The summed E-state index contributed by atoms with van der Waals surface area (Å²) < 4.78 is 40.7. The maximum atomic E-state index is 11.9. The van der Waals surface area contributed by atoms with Gasteiger partial charge in [0, 0.05) is 14.8 Å². The third-order valence-electron chi connectivity index (χ3n) is 3.06. The molecule has 0 radical (unpaired) electrons. The van der Waals surface area contributed by atoms with Crippen molar-refractivity contribution in [3.8, 4) is 11.5 Å². The highest BCUT2D eigenvalue weighted by Gasteiger charge is 2.09. The lowest BCUT2D eigenvalue weighted by atomic mass is 10.3. The number of rotatable bonds is 10. The van der Waals surface area contributed by atoms with Crippen molar-refractivity contribution in [2.24, 2.45) is 8.80 Å². The van der Waals surface area contributed by atoms with Crippen LogP contribution >= 0.6 is 23.6 Å². The summed E-state index contributed by atoms with van der Waals surface area (Å²) in [7, 11) is -4.09. The van der Waals surface area contributed by atoms with Gasteiger partial charge in [0.15, 0.2) is 18.0 Å². The molecule has 1 aromatic heterocycles. The van der Waals surface area contributed by atoms with Gasteiger partial charge < -0.3 is 9.07 Å². The van der Waals surface area contributed by atoms with Gasteiger partial charge in [0.1, 0.15) is 5.75 Å². The molecular weight excluding hydrogens is 436 g/mol. The average Bonchev–Trinajstić information content (AvgIpc) is 3.18. The fourth-order valence-corrected chi connectivity index (χ4v) is 3.65. The molecule has 0 atom stereocenters. The highest BCUT2D eigenvalue weighted by molar-refractivity contribution is 7.93. The molecule has 0 aliphatic heterocycles. The lowest BCUT2D eigenvalue weighted by Crippen LogP contribution is -2.05. The van der Waals surface area contributed by atoms with Gasteiger partial charge in [-0.25, -0.2) is 0 Å². The maximum absolute atomic E-state index is 11.9. The van der Waals surface area contributed by atoms with Gasteiger partial charge in [-0.05, 0) is 36.4 Å². The third-order valence-corrected chi connectivity index (χ3v) is 5.08. The molecule has 0 amide bonds. The van der Waals surface area contributed by atoms with Crippen LogP contribution in [0.2, 0.25) is 0 Å². The normalized spacial score (nSPS) is 11.9. The molecule has 0 unspecified atom stereocenters. The Morgan fingerprint density at radius 3 is 2.14 bits per heavy atom. The van der Waals surface area contributed by atoms with Crippen LogP contribution in [0.4, 0.5) is 0 Å². The summed E-state index contributed by atoms with van der Waals surface area (Å²) in [5.41, 5.74) is 0. The van der Waals surface area contributed by atoms with Crippen molar-refractivity contribution >= 4 is 46.3 Å². The monoisotopic (exact) mass is 450 g/mol. The molecule has 0 fully saturated rings. The zero-order chi connectivity index (χ0) is 20.4. The van der Waals surface area contributed by atoms with E-state index >= 15 is 0 Å². The first-order chi connectivity index (χ1) is 14.1. The van der Waals surface area contributed by atoms with Crippen molar-refractivity contribution in [2.75, 3.05) is 0 Å². The Bertz CT molecular complexity index is 1050. The molecule has 29 heavy (non-hydrogen) atoms. The lowest BCUT2D eigenvalue weighted by Gasteiger charge is -2.00. The standard InChI is InChI=1S/C18H14N2O6S3/c21-29(22,24-16-9-5-2-6-10-16)20-14-18-12-11-17(27-18)13-19-28-26-25-23-15-7-3-1-4-8-15/h1-14H/b19-13+,20-14+. The molecule has 0 saturated carbocycles. The zero-order valence-corrected chi connectivity index (χ0v) is 17.1. The Hall–Kier alpha value is -2.70. The van der Waals surface area contributed by atoms with Gasteiger partial charge in [-0.1, -0.05) is 40.7 Å². The molecule has 2 aromatic carbocycles. The van der Waals surface area contributed by atoms with Crippen LogP contribution in [0.1, 0.15) is 9.75 Å². The van der Waals surface area contributed by atoms with E-state index in [1.165, 1.54) is 35.9 Å². The predicted molar refractivity (Wildman–Crippen MR) is 112 cm³/mol. The molecule has 3 aromatic rings. The van der Waals surface area contributed by atoms with Crippen molar-refractivity contribution in [3.63, 3.8) is 0 Å². The van der Waals surface area contributed by atoms with E-state index in [0.29, 0.717) is 22.9 Å². The third kappa shape index (κ3) is 7.68. The number of thiophene rings is 1. The van der Waals surface area contributed by atoms with E-state index in [-0.39, 0.29) is 5.75 Å². The van der Waals surface area contributed by atoms with Gasteiger partial charge in [-0.3, -0.25) is 0 Å². The van der Waals surface area contributed by atoms with Crippen molar-refractivity contribution in [1.29, 1.82) is 0 Å². The second-order valence-electron chi connectivity index (χ2n) is 5.14. The molecule has 1 heterocycles. The van der Waals surface area contributed by atoms with Crippen LogP contribution in [0, 0.1) is 0 Å². The summed E-state index contributed by atoms with van der Waals surface area (Å²) in [6, 6.07) is 20.4. The van der Waals surface area contributed by atoms with Gasteiger partial charge in [-0.15, -0.1) is 15.7 Å². The zero-order valence-electron chi connectivity index (χ0n) is 14.7. The highest BCUT2D eigenvalue weighted by Crippen LogP contribution is 2.16. The average molecular weight is 451 g/mol. The van der Waals surface area contributed by atoms with Gasteiger partial charge in [-0.2, -0.15) is 12.8 Å². The van der Waals surface area contributed by atoms with E-state index in [4.69, 9.17) is 13.4 Å². The number of hydrogen-bond donors (Lipinski definition) is 0. The van der Waals surface area contributed by atoms with Crippen LogP contribution in [0.3, 0.4) is 0 Å². The van der Waals surface area contributed by atoms with Crippen LogP contribution < -0.4 is 9.07 Å². The van der Waals surface area contributed by atoms with E-state index in [0.717, 1.165) is 4.88 Å². The van der Waals surface area contributed by atoms with Gasteiger partial charge in [0.2, 0.25) is 0 Å². The predicted octanol–water partition coefficient (Wildman–Crippen LogP) is 4.42. The Morgan fingerprint density at radius 1 is 0.828 bits per heavy atom. The first-order valence-electron chi connectivity index (χ1n) is 8.01. The molecule has 0 bridgehead atoms. The van der Waals surface area contributed by atoms with Gasteiger partial charge >= 0.3 is 10.3 Å². The second kappa shape index (κ2) is 10.7. The van der Waals surface area contributed by atoms with E-state index in [9.17, 15) is 8.42 Å². The molecule has 0 spiro atoms. The molecule has 3 rings (SSSR count). The molecule has 0 aliphatic rings. The Morgan fingerprint density at radius 2 is 1.45 bits per heavy atom. The van der Waals surface area contributed by atoms with Crippen molar-refractivity contribution in [2.45, 2.75) is 0 Å². The molecule has 11 heteroatoms. The summed E-state index contributed by atoms with van der Waals surface area (Å²) in [4.78, 5) is 6.24. The second-order valence-corrected chi connectivity index (χ2v) is 8.02. The van der Waals surface area contributed by atoms with Crippen molar-refractivity contribution in [1.82, 2.24) is 0 Å². The summed E-state index contributed by atoms with van der Waals surface area (Å²) >= 11 is 1.96. The fourth-order valence-electron chi connectivity index (χ4n) is 1.88. The smallest absolute Gasteiger partial charge is 0.366 e. The number of nitrogens with zero attached hydrogens (tertiary/aromatic N) is 2. The number of para-hydroxylation sites is 2. The molecule has 8 nitrogen and oxygen atoms in total. The van der Waals surface area contributed by atoms with Gasteiger partial charge in [0.05, 0.1) is 12.4 Å². The van der Waals surface area contributed by atoms with E-state index in [1.54, 1.807) is 54.6 Å². The molecule has 0 N–H and O–H groups in total. The highest BCUT2D eigenvalue weighted by atomic mass is 32.2. The fraction of sp³-hybridized carbons (Fsp3) is 0. The van der Waals surface area contributed by atoms with Gasteiger partial charge in [0.25, 0.3) is 0 Å². The molecule has 0 aliphatic carbocycles. The Kier molecular flexibility index (Phi) is 7.78. The number of benzene rings is 2. The first kappa shape index (κ1) is 21.0. The van der Waals surface area contributed by atoms with Crippen molar-refractivity contribution < 1.29 is 26.9 Å². The minimum Gasteiger partial charge on any atom is -0.366 e. The van der Waals surface area contributed by atoms with E-state index in [1.807, 2.05) is 6.07 Å². The Balaban J connectivity index is 1.43. The summed E-state index contributed by atoms with van der Waals surface area (Å²) in [5, 5.41) is 4.54.